The summed E-state index contributed by atoms with van der Waals surface area (Å²) in [6.45, 7) is 0.662. The molecule has 0 radical (unpaired) electrons. The smallest absolute Gasteiger partial charge is 0.356 e. The number of likely N-dealkylation sites (N-methyl/N-ethyl adjacent to an activating group) is 2. The second-order valence-electron chi connectivity index (χ2n) is 12.2. The van der Waals surface area contributed by atoms with E-state index in [1.165, 1.54) is 10.7 Å². The molecule has 2 amide bonds. The van der Waals surface area contributed by atoms with E-state index in [1.54, 1.807) is 23.9 Å². The van der Waals surface area contributed by atoms with Crippen molar-refractivity contribution < 1.29 is 29.0 Å². The first kappa shape index (κ1) is 32.4. The molecule has 10 nitrogen and oxygen atoms in total. The van der Waals surface area contributed by atoms with Crippen LogP contribution in [0.4, 0.5) is 0 Å². The minimum atomic E-state index is -1.25. The van der Waals surface area contributed by atoms with E-state index in [2.05, 4.69) is 5.10 Å². The van der Waals surface area contributed by atoms with Crippen molar-refractivity contribution in [3.05, 3.63) is 89.2 Å². The Bertz CT molecular complexity index is 1430. The van der Waals surface area contributed by atoms with Crippen LogP contribution in [-0.4, -0.2) is 80.9 Å². The third kappa shape index (κ3) is 8.18. The van der Waals surface area contributed by atoms with E-state index in [9.17, 15) is 19.5 Å². The highest BCUT2D eigenvalue weighted by Crippen LogP contribution is 2.28. The molecule has 2 saturated carbocycles. The van der Waals surface area contributed by atoms with Crippen molar-refractivity contribution in [3.63, 3.8) is 0 Å². The zero-order valence-corrected chi connectivity index (χ0v) is 26.2. The first-order chi connectivity index (χ1) is 21.8. The molecular weight excluding hydrogens is 572 g/mol. The van der Waals surface area contributed by atoms with Crippen LogP contribution in [0, 0.1) is 0 Å². The van der Waals surface area contributed by atoms with Gasteiger partial charge in [-0.2, -0.15) is 5.10 Å². The number of rotatable bonds is 12. The molecule has 2 aromatic carbocycles. The molecule has 2 aliphatic carbocycles. The minimum Gasteiger partial charge on any atom is -0.476 e. The predicted octanol–water partition coefficient (Wildman–Crippen LogP) is 5.17. The van der Waals surface area contributed by atoms with Crippen molar-refractivity contribution >= 4 is 17.8 Å². The molecule has 0 bridgehead atoms. The highest BCUT2D eigenvalue weighted by Gasteiger charge is 2.35. The minimum absolute atomic E-state index is 0.0737. The number of carbonyl (C=O) groups is 3. The molecular formula is C35H44N4O6. The third-order valence-electron chi connectivity index (χ3n) is 9.16. The highest BCUT2D eigenvalue weighted by atomic mass is 16.5. The molecule has 0 aliphatic heterocycles. The van der Waals surface area contributed by atoms with Gasteiger partial charge in [0.15, 0.2) is 5.69 Å². The van der Waals surface area contributed by atoms with Gasteiger partial charge in [0.25, 0.3) is 5.91 Å². The van der Waals surface area contributed by atoms with Gasteiger partial charge in [0.05, 0.1) is 37.5 Å². The van der Waals surface area contributed by atoms with Crippen LogP contribution in [0.2, 0.25) is 0 Å². The largest absolute Gasteiger partial charge is 0.476 e. The number of ether oxygens (including phenoxy) is 2. The average molecular weight is 617 g/mol. The van der Waals surface area contributed by atoms with Gasteiger partial charge in [0.1, 0.15) is 12.2 Å². The summed E-state index contributed by atoms with van der Waals surface area (Å²) in [5.41, 5.74) is 1.94. The van der Waals surface area contributed by atoms with Crippen molar-refractivity contribution in [3.8, 4) is 0 Å². The lowest BCUT2D eigenvalue weighted by molar-refractivity contribution is -0.138. The number of carbonyl (C=O) groups excluding carboxylic acids is 2. The van der Waals surface area contributed by atoms with Gasteiger partial charge in [-0.25, -0.2) is 9.48 Å². The van der Waals surface area contributed by atoms with Gasteiger partial charge in [-0.05, 0) is 36.8 Å². The van der Waals surface area contributed by atoms with Crippen molar-refractivity contribution in [1.82, 2.24) is 19.6 Å². The Morgan fingerprint density at radius 2 is 1.27 bits per heavy atom. The van der Waals surface area contributed by atoms with E-state index in [-0.39, 0.29) is 54.0 Å². The Hall–Kier alpha value is -4.02. The number of aromatic carboxylic acids is 1. The molecule has 2 aliphatic rings. The number of carboxylic acids is 1. The summed E-state index contributed by atoms with van der Waals surface area (Å²) >= 11 is 0. The summed E-state index contributed by atoms with van der Waals surface area (Å²) in [6.07, 6.45) is 6.97. The van der Waals surface area contributed by atoms with Crippen LogP contribution < -0.4 is 0 Å². The van der Waals surface area contributed by atoms with Crippen molar-refractivity contribution in [2.75, 3.05) is 14.1 Å². The lowest BCUT2D eigenvalue weighted by Gasteiger charge is -2.38. The van der Waals surface area contributed by atoms with Crippen molar-refractivity contribution in [2.45, 2.75) is 95.4 Å². The van der Waals surface area contributed by atoms with Crippen LogP contribution in [0.1, 0.15) is 83.5 Å². The summed E-state index contributed by atoms with van der Waals surface area (Å²) in [6, 6.07) is 20.8. The number of aromatic nitrogens is 2. The number of nitrogens with zero attached hydrogens (tertiary/aromatic N) is 4. The van der Waals surface area contributed by atoms with Crippen molar-refractivity contribution in [2.24, 2.45) is 0 Å². The standard InChI is InChI=1S/C35H44N4O6/c1-37(28-17-9-11-19-31(28)44-23-25-13-5-3-6-14-25)33(40)22-39-30(21-27(36-39)35(42)43)34(41)38(2)29-18-10-12-20-32(29)45-24-26-15-7-4-8-16-26/h3-8,13-16,21,28-29,31-32H,9-12,17-20,22-24H2,1-2H3,(H,42,43)/t28-,29-,31-,32-/m0/s1. The van der Waals surface area contributed by atoms with E-state index in [1.807, 2.05) is 60.7 Å². The quantitative estimate of drug-likeness (QED) is 0.299. The Balaban J connectivity index is 1.28. The maximum Gasteiger partial charge on any atom is 0.356 e. The number of hydrogen-bond acceptors (Lipinski definition) is 6. The summed E-state index contributed by atoms with van der Waals surface area (Å²) in [5.74, 6) is -1.89. The van der Waals surface area contributed by atoms with E-state index in [0.717, 1.165) is 62.5 Å². The van der Waals surface area contributed by atoms with E-state index in [0.29, 0.717) is 13.2 Å². The fraction of sp³-hybridized carbons (Fsp3) is 0.486. The molecule has 0 spiro atoms. The zero-order valence-electron chi connectivity index (χ0n) is 26.2. The molecule has 1 aromatic heterocycles. The number of hydrogen-bond donors (Lipinski definition) is 1. The normalized spacial score (nSPS) is 21.6. The maximum atomic E-state index is 13.9. The van der Waals surface area contributed by atoms with Gasteiger partial charge in [0.2, 0.25) is 5.91 Å². The van der Waals surface area contributed by atoms with Crippen LogP contribution in [0.25, 0.3) is 0 Å². The third-order valence-corrected chi connectivity index (χ3v) is 9.16. The molecule has 4 atom stereocenters. The Morgan fingerprint density at radius 1 is 0.778 bits per heavy atom. The van der Waals surface area contributed by atoms with Crippen LogP contribution >= 0.6 is 0 Å². The van der Waals surface area contributed by atoms with Gasteiger partial charge < -0.3 is 24.4 Å². The van der Waals surface area contributed by atoms with Crippen LogP contribution in [0.3, 0.4) is 0 Å². The topological polar surface area (TPSA) is 114 Å². The molecule has 1 heterocycles. The average Bonchev–Trinajstić information content (AvgIpc) is 3.50. The fourth-order valence-electron chi connectivity index (χ4n) is 6.55. The highest BCUT2D eigenvalue weighted by molar-refractivity contribution is 5.96. The SMILES string of the molecule is CN(C(=O)Cn1nc(C(=O)O)cc1C(=O)N(C)[C@H]1CCCC[C@@H]1OCc1ccccc1)[C@H]1CCCC[C@@H]1OCc1ccccc1. The Morgan fingerprint density at radius 3 is 1.78 bits per heavy atom. The summed E-state index contributed by atoms with van der Waals surface area (Å²) in [4.78, 5) is 42.8. The monoisotopic (exact) mass is 616 g/mol. The summed E-state index contributed by atoms with van der Waals surface area (Å²) < 4.78 is 13.8. The second-order valence-corrected chi connectivity index (χ2v) is 12.2. The lowest BCUT2D eigenvalue weighted by Crippen LogP contribution is -2.49. The summed E-state index contributed by atoms with van der Waals surface area (Å²) in [5, 5.41) is 13.9. The molecule has 0 unspecified atom stereocenters. The van der Waals surface area contributed by atoms with Gasteiger partial charge in [-0.3, -0.25) is 9.59 Å². The number of amides is 2. The molecule has 0 saturated heterocycles. The van der Waals surface area contributed by atoms with Crippen LogP contribution in [0.5, 0.6) is 0 Å². The molecule has 240 valence electrons. The van der Waals surface area contributed by atoms with Gasteiger partial charge >= 0.3 is 5.97 Å². The predicted molar refractivity (Wildman–Crippen MR) is 169 cm³/mol. The van der Waals surface area contributed by atoms with Crippen LogP contribution in [-0.2, 0) is 34.0 Å². The molecule has 45 heavy (non-hydrogen) atoms. The maximum absolute atomic E-state index is 13.9. The van der Waals surface area contributed by atoms with Gasteiger partial charge in [-0.15, -0.1) is 0 Å². The molecule has 2 fully saturated rings. The molecule has 5 rings (SSSR count). The van der Waals surface area contributed by atoms with Crippen molar-refractivity contribution in [1.29, 1.82) is 0 Å². The Kier molecular flexibility index (Phi) is 11.0. The number of benzene rings is 2. The molecule has 10 heteroatoms. The lowest BCUT2D eigenvalue weighted by atomic mass is 9.91. The molecule has 1 N–H and O–H groups in total. The first-order valence-corrected chi connectivity index (χ1v) is 16.0. The van der Waals surface area contributed by atoms with E-state index < -0.39 is 5.97 Å². The second kappa shape index (κ2) is 15.3. The molecule has 3 aromatic rings. The zero-order chi connectivity index (χ0) is 31.8. The van der Waals surface area contributed by atoms with E-state index >= 15 is 0 Å². The fourth-order valence-corrected chi connectivity index (χ4v) is 6.55. The van der Waals surface area contributed by atoms with Crippen LogP contribution in [0.15, 0.2) is 66.7 Å². The number of carboxylic acid groups (broad SMARTS) is 1. The summed E-state index contributed by atoms with van der Waals surface area (Å²) in [7, 11) is 3.47. The van der Waals surface area contributed by atoms with Gasteiger partial charge in [0, 0.05) is 20.2 Å². The van der Waals surface area contributed by atoms with Gasteiger partial charge in [-0.1, -0.05) is 86.3 Å². The Labute approximate surface area is 264 Å². The van der Waals surface area contributed by atoms with E-state index in [4.69, 9.17) is 9.47 Å². The first-order valence-electron chi connectivity index (χ1n) is 16.0.